The predicted octanol–water partition coefficient (Wildman–Crippen LogP) is 5.52. The molecular formula is C19H21ClO3. The molecule has 0 aliphatic rings. The second kappa shape index (κ2) is 9.21. The first-order chi connectivity index (χ1) is 11.2. The average molecular weight is 333 g/mol. The van der Waals surface area contributed by atoms with Crippen molar-refractivity contribution < 1.29 is 14.3 Å². The molecule has 0 unspecified atom stereocenters. The Labute approximate surface area is 142 Å². The molecule has 2 aromatic rings. The molecule has 0 saturated carbocycles. The number of halogens is 1. The van der Waals surface area contributed by atoms with Crippen molar-refractivity contribution in [1.82, 2.24) is 0 Å². The zero-order valence-corrected chi connectivity index (χ0v) is 14.0. The summed E-state index contributed by atoms with van der Waals surface area (Å²) in [5, 5.41) is 0.326. The van der Waals surface area contributed by atoms with Crippen molar-refractivity contribution in [2.75, 3.05) is 6.61 Å². The summed E-state index contributed by atoms with van der Waals surface area (Å²) in [5.74, 6) is 0.417. The molecule has 0 amide bonds. The molecule has 2 rings (SSSR count). The second-order valence-corrected chi connectivity index (χ2v) is 5.61. The quantitative estimate of drug-likeness (QED) is 0.363. The topological polar surface area (TPSA) is 35.5 Å². The van der Waals surface area contributed by atoms with Crippen LogP contribution >= 0.6 is 11.6 Å². The van der Waals surface area contributed by atoms with Crippen molar-refractivity contribution in [2.24, 2.45) is 0 Å². The SMILES string of the molecule is CCCCCCOc1cccc(OC(=O)c2ccccc2)c1Cl. The van der Waals surface area contributed by atoms with Crippen molar-refractivity contribution in [1.29, 1.82) is 0 Å². The summed E-state index contributed by atoms with van der Waals surface area (Å²) in [6, 6.07) is 14.0. The largest absolute Gasteiger partial charge is 0.492 e. The van der Waals surface area contributed by atoms with Gasteiger partial charge in [0.1, 0.15) is 10.8 Å². The first-order valence-electron chi connectivity index (χ1n) is 7.91. The van der Waals surface area contributed by atoms with Gasteiger partial charge in [0.05, 0.1) is 12.2 Å². The molecule has 0 aliphatic carbocycles. The monoisotopic (exact) mass is 332 g/mol. The molecule has 0 heterocycles. The maximum atomic E-state index is 12.1. The predicted molar refractivity (Wildman–Crippen MR) is 92.5 cm³/mol. The Balaban J connectivity index is 1.97. The first kappa shape index (κ1) is 17.4. The summed E-state index contributed by atoms with van der Waals surface area (Å²) in [5.41, 5.74) is 0.481. The van der Waals surface area contributed by atoms with E-state index in [2.05, 4.69) is 6.92 Å². The van der Waals surface area contributed by atoms with Gasteiger partial charge in [-0.1, -0.05) is 62.1 Å². The summed E-state index contributed by atoms with van der Waals surface area (Å²) in [4.78, 5) is 12.1. The van der Waals surface area contributed by atoms with E-state index in [1.165, 1.54) is 12.8 Å². The lowest BCUT2D eigenvalue weighted by molar-refractivity contribution is 0.0734. The van der Waals surface area contributed by atoms with Crippen LogP contribution in [0.5, 0.6) is 11.5 Å². The molecule has 0 aliphatic heterocycles. The minimum atomic E-state index is -0.437. The summed E-state index contributed by atoms with van der Waals surface area (Å²) in [6.45, 7) is 2.78. The van der Waals surface area contributed by atoms with Crippen molar-refractivity contribution in [3.63, 3.8) is 0 Å². The van der Waals surface area contributed by atoms with Crippen molar-refractivity contribution in [3.8, 4) is 11.5 Å². The lowest BCUT2D eigenvalue weighted by Gasteiger charge is -2.11. The number of benzene rings is 2. The lowest BCUT2D eigenvalue weighted by Crippen LogP contribution is -2.09. The normalized spacial score (nSPS) is 10.3. The van der Waals surface area contributed by atoms with E-state index < -0.39 is 5.97 Å². The molecule has 2 aromatic carbocycles. The number of hydrogen-bond donors (Lipinski definition) is 0. The molecule has 23 heavy (non-hydrogen) atoms. The summed E-state index contributed by atoms with van der Waals surface area (Å²) < 4.78 is 11.1. The molecule has 3 nitrogen and oxygen atoms in total. The summed E-state index contributed by atoms with van der Waals surface area (Å²) in [7, 11) is 0. The number of hydrogen-bond acceptors (Lipinski definition) is 3. The van der Waals surface area contributed by atoms with E-state index in [1.54, 1.807) is 42.5 Å². The molecule has 0 fully saturated rings. The average Bonchev–Trinajstić information content (AvgIpc) is 2.58. The Kier molecular flexibility index (Phi) is 6.95. The zero-order valence-electron chi connectivity index (χ0n) is 13.3. The fraction of sp³-hybridized carbons (Fsp3) is 0.316. The van der Waals surface area contributed by atoms with Crippen LogP contribution in [0.4, 0.5) is 0 Å². The van der Waals surface area contributed by atoms with Crippen LogP contribution in [-0.2, 0) is 0 Å². The Morgan fingerprint density at radius 3 is 2.43 bits per heavy atom. The number of unbranched alkanes of at least 4 members (excludes halogenated alkanes) is 3. The highest BCUT2D eigenvalue weighted by Crippen LogP contribution is 2.34. The minimum absolute atomic E-state index is 0.312. The molecular weight excluding hydrogens is 312 g/mol. The highest BCUT2D eigenvalue weighted by atomic mass is 35.5. The van der Waals surface area contributed by atoms with E-state index in [1.807, 2.05) is 6.07 Å². The van der Waals surface area contributed by atoms with Crippen molar-refractivity contribution in [3.05, 3.63) is 59.1 Å². The molecule has 0 N–H and O–H groups in total. The highest BCUT2D eigenvalue weighted by molar-refractivity contribution is 6.33. The van der Waals surface area contributed by atoms with Crippen molar-refractivity contribution >= 4 is 17.6 Å². The number of carbonyl (C=O) groups excluding carboxylic acids is 1. The second-order valence-electron chi connectivity index (χ2n) is 5.23. The van der Waals surface area contributed by atoms with Crippen molar-refractivity contribution in [2.45, 2.75) is 32.6 Å². The van der Waals surface area contributed by atoms with Gasteiger partial charge in [-0.15, -0.1) is 0 Å². The first-order valence-corrected chi connectivity index (χ1v) is 8.28. The van der Waals surface area contributed by atoms with Gasteiger partial charge >= 0.3 is 5.97 Å². The van der Waals surface area contributed by atoms with Crippen LogP contribution in [0, 0.1) is 0 Å². The third-order valence-corrected chi connectivity index (χ3v) is 3.77. The van der Waals surface area contributed by atoms with Gasteiger partial charge in [-0.3, -0.25) is 0 Å². The van der Waals surface area contributed by atoms with Gasteiger partial charge in [-0.25, -0.2) is 4.79 Å². The van der Waals surface area contributed by atoms with Crippen LogP contribution in [0.15, 0.2) is 48.5 Å². The molecule has 0 aromatic heterocycles. The van der Waals surface area contributed by atoms with Crippen LogP contribution in [0.2, 0.25) is 5.02 Å². The molecule has 0 saturated heterocycles. The Morgan fingerprint density at radius 2 is 1.70 bits per heavy atom. The standard InChI is InChI=1S/C19H21ClO3/c1-2-3-4-8-14-22-16-12-9-13-17(18(16)20)23-19(21)15-10-6-5-7-11-15/h5-7,9-13H,2-4,8,14H2,1H3. The van der Waals surface area contributed by atoms with E-state index in [9.17, 15) is 4.79 Å². The smallest absolute Gasteiger partial charge is 0.343 e. The van der Waals surface area contributed by atoms with Gasteiger partial charge in [0.15, 0.2) is 5.75 Å². The van der Waals surface area contributed by atoms with Gasteiger partial charge < -0.3 is 9.47 Å². The van der Waals surface area contributed by atoms with E-state index in [0.717, 1.165) is 12.8 Å². The van der Waals surface area contributed by atoms with Gasteiger partial charge in [0, 0.05) is 0 Å². The molecule has 0 radical (unpaired) electrons. The van der Waals surface area contributed by atoms with Gasteiger partial charge in [0.2, 0.25) is 0 Å². The van der Waals surface area contributed by atoms with E-state index in [-0.39, 0.29) is 0 Å². The maximum absolute atomic E-state index is 12.1. The number of rotatable bonds is 8. The molecule has 0 spiro atoms. The minimum Gasteiger partial charge on any atom is -0.492 e. The van der Waals surface area contributed by atoms with Crippen LogP contribution in [0.25, 0.3) is 0 Å². The molecule has 0 atom stereocenters. The van der Waals surface area contributed by atoms with Gasteiger partial charge in [0.25, 0.3) is 0 Å². The molecule has 122 valence electrons. The lowest BCUT2D eigenvalue weighted by atomic mass is 10.2. The number of carbonyl (C=O) groups is 1. The third kappa shape index (κ3) is 5.29. The zero-order chi connectivity index (χ0) is 16.5. The Hall–Kier alpha value is -2.00. The molecule has 0 bridgehead atoms. The number of esters is 1. The van der Waals surface area contributed by atoms with Crippen LogP contribution in [0.3, 0.4) is 0 Å². The third-order valence-electron chi connectivity index (χ3n) is 3.40. The fourth-order valence-electron chi connectivity index (χ4n) is 2.12. The van der Waals surface area contributed by atoms with Crippen LogP contribution in [-0.4, -0.2) is 12.6 Å². The Morgan fingerprint density at radius 1 is 0.957 bits per heavy atom. The molecule has 4 heteroatoms. The summed E-state index contributed by atoms with van der Waals surface area (Å²) in [6.07, 6.45) is 4.51. The van der Waals surface area contributed by atoms with Crippen LogP contribution in [0.1, 0.15) is 43.0 Å². The van der Waals surface area contributed by atoms with Crippen LogP contribution < -0.4 is 9.47 Å². The van der Waals surface area contributed by atoms with Gasteiger partial charge in [-0.05, 0) is 30.7 Å². The highest BCUT2D eigenvalue weighted by Gasteiger charge is 2.13. The maximum Gasteiger partial charge on any atom is 0.343 e. The fourth-order valence-corrected chi connectivity index (χ4v) is 2.34. The Bertz CT molecular complexity index is 626. The van der Waals surface area contributed by atoms with Gasteiger partial charge in [-0.2, -0.15) is 0 Å². The van der Waals surface area contributed by atoms with E-state index in [4.69, 9.17) is 21.1 Å². The van der Waals surface area contributed by atoms with E-state index in [0.29, 0.717) is 28.7 Å². The van der Waals surface area contributed by atoms with E-state index >= 15 is 0 Å². The number of ether oxygens (including phenoxy) is 2. The summed E-state index contributed by atoms with van der Waals surface area (Å²) >= 11 is 6.28.